The Morgan fingerprint density at radius 2 is 1.94 bits per heavy atom. The highest BCUT2D eigenvalue weighted by Gasteiger charge is 2.12. The van der Waals surface area contributed by atoms with E-state index in [-0.39, 0.29) is 12.7 Å². The van der Waals surface area contributed by atoms with Gasteiger partial charge in [0.05, 0.1) is 0 Å². The first-order valence-corrected chi connectivity index (χ1v) is 5.67. The molecule has 4 heteroatoms. The van der Waals surface area contributed by atoms with Gasteiger partial charge in [-0.2, -0.15) is 0 Å². The van der Waals surface area contributed by atoms with Crippen LogP contribution in [0.15, 0.2) is 42.5 Å². The normalized spacial score (nSPS) is 12.1. The Balaban J connectivity index is 2.39. The molecule has 1 unspecified atom stereocenters. The molecule has 0 amide bonds. The molecule has 0 aromatic heterocycles. The molecule has 1 rings (SSSR count). The first-order valence-electron chi connectivity index (χ1n) is 5.67. The minimum absolute atomic E-state index is 0.362. The Hall–Kier alpha value is -2.10. The molecule has 0 aliphatic rings. The van der Waals surface area contributed by atoms with Crippen molar-refractivity contribution in [1.82, 2.24) is 0 Å². The van der Waals surface area contributed by atoms with Gasteiger partial charge in [-0.1, -0.05) is 36.4 Å². The number of esters is 2. The van der Waals surface area contributed by atoms with E-state index in [9.17, 15) is 9.59 Å². The molecule has 4 nitrogen and oxygen atoms in total. The Labute approximate surface area is 106 Å². The van der Waals surface area contributed by atoms with Crippen molar-refractivity contribution in [2.45, 2.75) is 20.0 Å². The van der Waals surface area contributed by atoms with Crippen molar-refractivity contribution >= 4 is 11.9 Å². The maximum absolute atomic E-state index is 11.4. The van der Waals surface area contributed by atoms with E-state index in [1.807, 2.05) is 30.3 Å². The number of rotatable bonds is 5. The van der Waals surface area contributed by atoms with Gasteiger partial charge < -0.3 is 9.47 Å². The third kappa shape index (κ3) is 4.82. The summed E-state index contributed by atoms with van der Waals surface area (Å²) < 4.78 is 9.81. The summed E-state index contributed by atoms with van der Waals surface area (Å²) in [5, 5.41) is 0. The summed E-state index contributed by atoms with van der Waals surface area (Å²) in [6.45, 7) is 3.08. The van der Waals surface area contributed by atoms with Gasteiger partial charge in [-0.05, 0) is 19.4 Å². The second kappa shape index (κ2) is 7.27. The molecule has 1 atom stereocenters. The maximum Gasteiger partial charge on any atom is 0.344 e. The number of ether oxygens (including phenoxy) is 2. The summed E-state index contributed by atoms with van der Waals surface area (Å²) in [5.41, 5.74) is 0.894. The zero-order valence-electron chi connectivity index (χ0n) is 10.5. The molecule has 18 heavy (non-hydrogen) atoms. The number of carbonyl (C=O) groups is 2. The van der Waals surface area contributed by atoms with Crippen LogP contribution in [-0.2, 0) is 19.1 Å². The molecule has 0 bridgehead atoms. The molecule has 0 saturated heterocycles. The highest BCUT2D eigenvalue weighted by Crippen LogP contribution is 2.15. The van der Waals surface area contributed by atoms with E-state index in [1.165, 1.54) is 6.08 Å². The molecule has 0 radical (unpaired) electrons. The lowest BCUT2D eigenvalue weighted by atomic mass is 10.1. The Kier molecular flexibility index (Phi) is 5.64. The molecule has 1 aromatic rings. The van der Waals surface area contributed by atoms with Gasteiger partial charge in [-0.3, -0.25) is 0 Å². The average molecular weight is 248 g/mol. The van der Waals surface area contributed by atoms with Crippen LogP contribution in [0.3, 0.4) is 0 Å². The van der Waals surface area contributed by atoms with Crippen molar-refractivity contribution in [2.75, 3.05) is 6.61 Å². The van der Waals surface area contributed by atoms with Crippen LogP contribution >= 0.6 is 0 Å². The van der Waals surface area contributed by atoms with Crippen molar-refractivity contribution < 1.29 is 19.1 Å². The molecule has 1 aromatic carbocycles. The lowest BCUT2D eigenvalue weighted by Gasteiger charge is -2.13. The lowest BCUT2D eigenvalue weighted by Crippen LogP contribution is -2.17. The first-order chi connectivity index (χ1) is 8.63. The zero-order valence-corrected chi connectivity index (χ0v) is 10.5. The van der Waals surface area contributed by atoms with Gasteiger partial charge in [-0.25, -0.2) is 9.59 Å². The number of hydrogen-bond acceptors (Lipinski definition) is 4. The molecule has 96 valence electrons. The highest BCUT2D eigenvalue weighted by molar-refractivity contribution is 5.84. The summed E-state index contributed by atoms with van der Waals surface area (Å²) >= 11 is 0. The molecule has 0 heterocycles. The van der Waals surface area contributed by atoms with E-state index >= 15 is 0 Å². The van der Waals surface area contributed by atoms with Crippen LogP contribution in [0, 0.1) is 0 Å². The van der Waals surface area contributed by atoms with Crippen LogP contribution in [0.2, 0.25) is 0 Å². The third-order valence-corrected chi connectivity index (χ3v) is 2.21. The molecule has 0 spiro atoms. The van der Waals surface area contributed by atoms with E-state index in [4.69, 9.17) is 4.74 Å². The molecular weight excluding hydrogens is 232 g/mol. The lowest BCUT2D eigenvalue weighted by molar-refractivity contribution is -0.159. The monoisotopic (exact) mass is 248 g/mol. The minimum atomic E-state index is -0.566. The predicted molar refractivity (Wildman–Crippen MR) is 66.7 cm³/mol. The van der Waals surface area contributed by atoms with Crippen LogP contribution in [0.1, 0.15) is 25.5 Å². The second-order valence-electron chi connectivity index (χ2n) is 3.65. The van der Waals surface area contributed by atoms with Gasteiger partial charge in [0.25, 0.3) is 0 Å². The smallest absolute Gasteiger partial charge is 0.344 e. The predicted octanol–water partition coefficient (Wildman–Crippen LogP) is 2.41. The number of benzene rings is 1. The highest BCUT2D eigenvalue weighted by atomic mass is 16.6. The fraction of sp³-hybridized carbons (Fsp3) is 0.286. The quantitative estimate of drug-likeness (QED) is 0.593. The molecular formula is C14H16O4. The standard InChI is InChI=1S/C14H16O4/c1-3-7-13(15)17-10-14(16)18-11(2)12-8-5-4-6-9-12/h3-9,11H,10H2,1-2H3/b7-3-. The number of carbonyl (C=O) groups excluding carboxylic acids is 2. The van der Waals surface area contributed by atoms with Crippen LogP contribution in [0.5, 0.6) is 0 Å². The van der Waals surface area contributed by atoms with Gasteiger partial charge >= 0.3 is 11.9 Å². The summed E-state index contributed by atoms with van der Waals surface area (Å²) in [4.78, 5) is 22.4. The van der Waals surface area contributed by atoms with Gasteiger partial charge in [0, 0.05) is 6.08 Å². The Morgan fingerprint density at radius 3 is 2.56 bits per heavy atom. The van der Waals surface area contributed by atoms with Crippen molar-refractivity contribution in [3.63, 3.8) is 0 Å². The minimum Gasteiger partial charge on any atom is -0.455 e. The molecule has 0 saturated carbocycles. The fourth-order valence-corrected chi connectivity index (χ4v) is 1.34. The van der Waals surface area contributed by atoms with Gasteiger partial charge in [-0.15, -0.1) is 0 Å². The maximum atomic E-state index is 11.4. The summed E-state index contributed by atoms with van der Waals surface area (Å²) in [5.74, 6) is -1.12. The van der Waals surface area contributed by atoms with Gasteiger partial charge in [0.1, 0.15) is 6.10 Å². The summed E-state index contributed by atoms with van der Waals surface area (Å²) in [6.07, 6.45) is 2.42. The largest absolute Gasteiger partial charge is 0.455 e. The van der Waals surface area contributed by atoms with E-state index in [2.05, 4.69) is 4.74 Å². The van der Waals surface area contributed by atoms with Crippen LogP contribution < -0.4 is 0 Å². The molecule has 0 aliphatic carbocycles. The topological polar surface area (TPSA) is 52.6 Å². The molecule has 0 N–H and O–H groups in total. The summed E-state index contributed by atoms with van der Waals surface area (Å²) in [6, 6.07) is 9.35. The van der Waals surface area contributed by atoms with Crippen LogP contribution in [0.4, 0.5) is 0 Å². The van der Waals surface area contributed by atoms with E-state index in [0.717, 1.165) is 5.56 Å². The van der Waals surface area contributed by atoms with E-state index in [1.54, 1.807) is 19.9 Å². The van der Waals surface area contributed by atoms with Crippen molar-refractivity contribution in [3.8, 4) is 0 Å². The Morgan fingerprint density at radius 1 is 1.28 bits per heavy atom. The van der Waals surface area contributed by atoms with Crippen molar-refractivity contribution in [3.05, 3.63) is 48.0 Å². The molecule has 0 aliphatic heterocycles. The van der Waals surface area contributed by atoms with Crippen molar-refractivity contribution in [1.29, 1.82) is 0 Å². The molecule has 0 fully saturated rings. The summed E-state index contributed by atoms with van der Waals surface area (Å²) in [7, 11) is 0. The average Bonchev–Trinajstić information content (AvgIpc) is 2.38. The first kappa shape index (κ1) is 14.0. The van der Waals surface area contributed by atoms with Gasteiger partial charge in [0.2, 0.25) is 0 Å². The second-order valence-corrected chi connectivity index (χ2v) is 3.65. The van der Waals surface area contributed by atoms with E-state index in [0.29, 0.717) is 0 Å². The van der Waals surface area contributed by atoms with E-state index < -0.39 is 11.9 Å². The SMILES string of the molecule is C/C=C\C(=O)OCC(=O)OC(C)c1ccccc1. The third-order valence-electron chi connectivity index (χ3n) is 2.21. The Bertz CT molecular complexity index is 423. The number of allylic oxidation sites excluding steroid dienone is 1. The fourth-order valence-electron chi connectivity index (χ4n) is 1.34. The number of hydrogen-bond donors (Lipinski definition) is 0. The van der Waals surface area contributed by atoms with Crippen LogP contribution in [0.25, 0.3) is 0 Å². The van der Waals surface area contributed by atoms with Crippen molar-refractivity contribution in [2.24, 2.45) is 0 Å². The zero-order chi connectivity index (χ0) is 13.4. The van der Waals surface area contributed by atoms with Gasteiger partial charge in [0.15, 0.2) is 6.61 Å². The van der Waals surface area contributed by atoms with Crippen LogP contribution in [-0.4, -0.2) is 18.5 Å².